The first kappa shape index (κ1) is 18.2. The van der Waals surface area contributed by atoms with Crippen LogP contribution in [0.3, 0.4) is 0 Å². The van der Waals surface area contributed by atoms with Crippen molar-refractivity contribution < 1.29 is 9.53 Å². The first-order valence-electron chi connectivity index (χ1n) is 9.44. The van der Waals surface area contributed by atoms with Crippen LogP contribution in [0.15, 0.2) is 24.3 Å². The lowest BCUT2D eigenvalue weighted by Crippen LogP contribution is -2.53. The lowest BCUT2D eigenvalue weighted by Gasteiger charge is -2.39. The van der Waals surface area contributed by atoms with Crippen LogP contribution in [0.25, 0.3) is 0 Å². The number of amides is 1. The van der Waals surface area contributed by atoms with E-state index in [2.05, 4.69) is 35.8 Å². The zero-order chi connectivity index (χ0) is 17.8. The van der Waals surface area contributed by atoms with Crippen molar-refractivity contribution in [1.82, 2.24) is 14.7 Å². The molecule has 2 saturated heterocycles. The van der Waals surface area contributed by atoms with Crippen molar-refractivity contribution in [3.05, 3.63) is 29.8 Å². The fraction of sp³-hybridized carbons (Fsp3) is 0.650. The van der Waals surface area contributed by atoms with Crippen LogP contribution in [0.2, 0.25) is 0 Å². The number of carbonyl (C=O) groups is 1. The molecule has 0 N–H and O–H groups in total. The van der Waals surface area contributed by atoms with Crippen molar-refractivity contribution in [1.29, 1.82) is 0 Å². The van der Waals surface area contributed by atoms with Gasteiger partial charge in [-0.3, -0.25) is 14.6 Å². The minimum Gasteiger partial charge on any atom is -0.492 e. The summed E-state index contributed by atoms with van der Waals surface area (Å²) < 4.78 is 5.88. The fourth-order valence-electron chi connectivity index (χ4n) is 4.00. The summed E-state index contributed by atoms with van der Waals surface area (Å²) in [5.41, 5.74) is 1.26. The zero-order valence-electron chi connectivity index (χ0n) is 15.8. The molecule has 25 heavy (non-hydrogen) atoms. The van der Waals surface area contributed by atoms with Gasteiger partial charge >= 0.3 is 0 Å². The number of aryl methyl sites for hydroxylation is 1. The Labute approximate surface area is 151 Å². The number of likely N-dealkylation sites (tertiary alicyclic amines) is 1. The Balaban J connectivity index is 1.42. The molecule has 2 aliphatic rings. The Bertz CT molecular complexity index is 567. The molecule has 0 radical (unpaired) electrons. The summed E-state index contributed by atoms with van der Waals surface area (Å²) in [6.07, 6.45) is 0. The lowest BCUT2D eigenvalue weighted by molar-refractivity contribution is -0.130. The van der Waals surface area contributed by atoms with E-state index >= 15 is 0 Å². The Morgan fingerprint density at radius 2 is 1.80 bits per heavy atom. The van der Waals surface area contributed by atoms with Crippen LogP contribution in [0.4, 0.5) is 0 Å². The molecule has 0 unspecified atom stereocenters. The lowest BCUT2D eigenvalue weighted by atomic mass is 10.0. The predicted octanol–water partition coefficient (Wildman–Crippen LogP) is 1.86. The van der Waals surface area contributed by atoms with E-state index in [1.54, 1.807) is 6.92 Å². The summed E-state index contributed by atoms with van der Waals surface area (Å²) in [6.45, 7) is 13.8. The summed E-state index contributed by atoms with van der Waals surface area (Å²) >= 11 is 0. The summed E-state index contributed by atoms with van der Waals surface area (Å²) in [7, 11) is 0. The second kappa shape index (κ2) is 8.19. The predicted molar refractivity (Wildman–Crippen MR) is 99.9 cm³/mol. The highest BCUT2D eigenvalue weighted by Crippen LogP contribution is 2.23. The molecule has 0 aromatic heterocycles. The quantitative estimate of drug-likeness (QED) is 0.816. The molecule has 2 aliphatic heterocycles. The molecule has 1 aromatic carbocycles. The average Bonchev–Trinajstić information content (AvgIpc) is 2.97. The third-order valence-corrected chi connectivity index (χ3v) is 5.57. The molecule has 138 valence electrons. The molecular formula is C20H31N3O2. The number of hydrogen-bond donors (Lipinski definition) is 0. The van der Waals surface area contributed by atoms with Crippen LogP contribution in [-0.2, 0) is 4.79 Å². The van der Waals surface area contributed by atoms with E-state index in [1.165, 1.54) is 5.56 Å². The topological polar surface area (TPSA) is 36.0 Å². The van der Waals surface area contributed by atoms with E-state index in [9.17, 15) is 4.79 Å². The molecule has 2 heterocycles. The first-order chi connectivity index (χ1) is 12.0. The molecule has 0 saturated carbocycles. The van der Waals surface area contributed by atoms with Gasteiger partial charge in [-0.25, -0.2) is 0 Å². The molecule has 5 nitrogen and oxygen atoms in total. The molecular weight excluding hydrogens is 314 g/mol. The highest BCUT2D eigenvalue weighted by Gasteiger charge is 2.35. The van der Waals surface area contributed by atoms with Gasteiger partial charge in [-0.05, 0) is 25.0 Å². The van der Waals surface area contributed by atoms with Gasteiger partial charge in [0, 0.05) is 58.8 Å². The standard InChI is InChI=1S/C20H31N3O2/c1-16-4-6-19(7-5-16)25-13-12-21-14-17(2)20(15-21)23-10-8-22(9-11-23)18(3)24/h4-7,17,20H,8-15H2,1-3H3/t17-,20-/m1/s1. The van der Waals surface area contributed by atoms with Crippen LogP contribution in [0.5, 0.6) is 5.75 Å². The number of carbonyl (C=O) groups excluding carboxylic acids is 1. The summed E-state index contributed by atoms with van der Waals surface area (Å²) in [4.78, 5) is 18.5. The van der Waals surface area contributed by atoms with E-state index in [4.69, 9.17) is 4.74 Å². The molecule has 5 heteroatoms. The molecule has 0 bridgehead atoms. The number of piperazine rings is 1. The monoisotopic (exact) mass is 345 g/mol. The second-order valence-electron chi connectivity index (χ2n) is 7.51. The summed E-state index contributed by atoms with van der Waals surface area (Å²) in [5.74, 6) is 1.83. The van der Waals surface area contributed by atoms with Gasteiger partial charge in [0.05, 0.1) is 0 Å². The van der Waals surface area contributed by atoms with Crippen molar-refractivity contribution in [2.24, 2.45) is 5.92 Å². The van der Waals surface area contributed by atoms with E-state index in [-0.39, 0.29) is 5.91 Å². The molecule has 0 aliphatic carbocycles. The molecule has 3 rings (SSSR count). The van der Waals surface area contributed by atoms with Crippen molar-refractivity contribution >= 4 is 5.91 Å². The SMILES string of the molecule is CC(=O)N1CCN([C@@H]2CN(CCOc3ccc(C)cc3)C[C@H]2C)CC1. The van der Waals surface area contributed by atoms with Crippen molar-refractivity contribution in [3.63, 3.8) is 0 Å². The van der Waals surface area contributed by atoms with Gasteiger partial charge < -0.3 is 9.64 Å². The van der Waals surface area contributed by atoms with Crippen LogP contribution >= 0.6 is 0 Å². The van der Waals surface area contributed by atoms with Gasteiger partial charge in [0.2, 0.25) is 5.91 Å². The van der Waals surface area contributed by atoms with Gasteiger partial charge in [0.25, 0.3) is 0 Å². The summed E-state index contributed by atoms with van der Waals surface area (Å²) in [6, 6.07) is 8.86. The largest absolute Gasteiger partial charge is 0.492 e. The van der Waals surface area contributed by atoms with E-state index < -0.39 is 0 Å². The minimum absolute atomic E-state index is 0.203. The smallest absolute Gasteiger partial charge is 0.219 e. The van der Waals surface area contributed by atoms with Crippen molar-refractivity contribution in [3.8, 4) is 5.75 Å². The molecule has 2 atom stereocenters. The van der Waals surface area contributed by atoms with Gasteiger partial charge in [0.15, 0.2) is 0 Å². The number of nitrogens with zero attached hydrogens (tertiary/aromatic N) is 3. The Kier molecular flexibility index (Phi) is 5.97. The molecule has 1 aromatic rings. The Hall–Kier alpha value is -1.59. The molecule has 0 spiro atoms. The number of rotatable bonds is 5. The highest BCUT2D eigenvalue weighted by molar-refractivity contribution is 5.73. The maximum absolute atomic E-state index is 11.5. The van der Waals surface area contributed by atoms with Crippen molar-refractivity contribution in [2.45, 2.75) is 26.8 Å². The van der Waals surface area contributed by atoms with Crippen LogP contribution in [-0.4, -0.2) is 79.1 Å². The van der Waals surface area contributed by atoms with Gasteiger partial charge in [-0.15, -0.1) is 0 Å². The number of hydrogen-bond acceptors (Lipinski definition) is 4. The van der Waals surface area contributed by atoms with Gasteiger partial charge in [-0.1, -0.05) is 24.6 Å². The maximum Gasteiger partial charge on any atom is 0.219 e. The fourth-order valence-corrected chi connectivity index (χ4v) is 4.00. The van der Waals surface area contributed by atoms with Crippen molar-refractivity contribution in [2.75, 3.05) is 52.4 Å². The van der Waals surface area contributed by atoms with Crippen LogP contribution < -0.4 is 4.74 Å². The second-order valence-corrected chi connectivity index (χ2v) is 7.51. The Morgan fingerprint density at radius 3 is 2.44 bits per heavy atom. The zero-order valence-corrected chi connectivity index (χ0v) is 15.8. The number of benzene rings is 1. The maximum atomic E-state index is 11.5. The van der Waals surface area contributed by atoms with E-state index in [1.807, 2.05) is 17.0 Å². The first-order valence-corrected chi connectivity index (χ1v) is 9.44. The third kappa shape index (κ3) is 4.73. The van der Waals surface area contributed by atoms with Gasteiger partial charge in [-0.2, -0.15) is 0 Å². The highest BCUT2D eigenvalue weighted by atomic mass is 16.5. The number of ether oxygens (including phenoxy) is 1. The Morgan fingerprint density at radius 1 is 1.12 bits per heavy atom. The van der Waals surface area contributed by atoms with Crippen LogP contribution in [0, 0.1) is 12.8 Å². The average molecular weight is 345 g/mol. The van der Waals surface area contributed by atoms with Gasteiger partial charge in [0.1, 0.15) is 12.4 Å². The summed E-state index contributed by atoms with van der Waals surface area (Å²) in [5, 5.41) is 0. The van der Waals surface area contributed by atoms with E-state index in [0.29, 0.717) is 12.0 Å². The molecule has 1 amide bonds. The third-order valence-electron chi connectivity index (χ3n) is 5.57. The normalized spacial score (nSPS) is 25.3. The minimum atomic E-state index is 0.203. The van der Waals surface area contributed by atoms with E-state index in [0.717, 1.165) is 58.2 Å². The molecule has 2 fully saturated rings. The van der Waals surface area contributed by atoms with Crippen LogP contribution in [0.1, 0.15) is 19.4 Å².